The molecule has 0 saturated heterocycles. The normalized spacial score (nSPS) is 9.61. The molecule has 0 unspecified atom stereocenters. The fourth-order valence-corrected chi connectivity index (χ4v) is 3.32. The average Bonchev–Trinajstić information content (AvgIpc) is 2.39. The van der Waals surface area contributed by atoms with Crippen LogP contribution >= 0.6 is 31.7 Å². The Morgan fingerprint density at radius 2 is 1.89 bits per heavy atom. The highest BCUT2D eigenvalue weighted by molar-refractivity contribution is 9.08. The smallest absolute Gasteiger partial charge is 0.346 e. The van der Waals surface area contributed by atoms with Gasteiger partial charge in [0, 0.05) is 15.6 Å². The molecule has 18 heavy (non-hydrogen) atoms. The molecule has 0 saturated carbocycles. The first-order valence-corrected chi connectivity index (χ1v) is 8.04. The van der Waals surface area contributed by atoms with E-state index in [-0.39, 0.29) is 0 Å². The van der Waals surface area contributed by atoms with Crippen molar-refractivity contribution >= 4 is 44.0 Å². The molecule has 0 aliphatic rings. The fourth-order valence-electron chi connectivity index (χ4n) is 0.831. The van der Waals surface area contributed by atoms with E-state index >= 15 is 0 Å². The van der Waals surface area contributed by atoms with Gasteiger partial charge >= 0.3 is 12.3 Å². The van der Waals surface area contributed by atoms with Crippen molar-refractivity contribution in [1.29, 1.82) is 0 Å². The van der Waals surface area contributed by atoms with Crippen molar-refractivity contribution in [1.82, 2.24) is 0 Å². The lowest BCUT2D eigenvalue weighted by atomic mass is 10.2. The Hall–Kier alpha value is -1.03. The average molecular weight is 308 g/mol. The first kappa shape index (κ1) is 15.0. The van der Waals surface area contributed by atoms with Gasteiger partial charge in [0.1, 0.15) is 11.1 Å². The Morgan fingerprint density at radius 1 is 1.17 bits per heavy atom. The Bertz CT molecular complexity index is 385. The highest BCUT2D eigenvalue weighted by Crippen LogP contribution is 2.37. The summed E-state index contributed by atoms with van der Waals surface area (Å²) in [7, 11) is 2.66. The van der Waals surface area contributed by atoms with Crippen LogP contribution in [-0.4, -0.2) is 17.6 Å². The first-order valence-electron chi connectivity index (χ1n) is 4.46. The highest BCUT2D eigenvalue weighted by atomic mass is 33.5. The predicted octanol–water partition coefficient (Wildman–Crippen LogP) is 3.89. The van der Waals surface area contributed by atoms with Crippen LogP contribution < -0.4 is 0 Å². The van der Waals surface area contributed by atoms with Crippen LogP contribution in [0.5, 0.6) is 0 Å². The second-order valence-corrected chi connectivity index (χ2v) is 6.37. The van der Waals surface area contributed by atoms with E-state index in [1.807, 2.05) is 30.3 Å². The van der Waals surface area contributed by atoms with Gasteiger partial charge in [-0.05, 0) is 5.56 Å². The summed E-state index contributed by atoms with van der Waals surface area (Å²) in [6.45, 7) is 0. The summed E-state index contributed by atoms with van der Waals surface area (Å²) in [4.78, 5) is 24.1. The summed E-state index contributed by atoms with van der Waals surface area (Å²) in [5.74, 6) is 0.746. The van der Waals surface area contributed by atoms with E-state index in [1.165, 1.54) is 20.6 Å². The van der Waals surface area contributed by atoms with Crippen molar-refractivity contribution in [2.45, 2.75) is 5.75 Å². The number of carbonyl (C=O) groups excluding carboxylic acids is 2. The largest absolute Gasteiger partial charge is 0.550 e. The molecular weight excluding hydrogens is 300 g/mol. The quantitative estimate of drug-likeness (QED) is 0.166. The van der Waals surface area contributed by atoms with E-state index in [1.54, 1.807) is 0 Å². The number of hydrogen-bond donors (Lipinski definition) is 1. The molecule has 0 amide bonds. The van der Waals surface area contributed by atoms with Crippen LogP contribution in [0.4, 0.5) is 9.59 Å². The van der Waals surface area contributed by atoms with E-state index in [2.05, 4.69) is 13.8 Å². The van der Waals surface area contributed by atoms with Gasteiger partial charge in [0.25, 0.3) is 0 Å². The highest BCUT2D eigenvalue weighted by Gasteiger charge is 2.13. The van der Waals surface area contributed by atoms with Gasteiger partial charge in [-0.2, -0.15) is 5.26 Å². The van der Waals surface area contributed by atoms with Gasteiger partial charge in [0.15, 0.2) is 0 Å². The predicted molar refractivity (Wildman–Crippen MR) is 69.6 cm³/mol. The molecule has 0 aliphatic carbocycles. The standard InChI is InChI=1S/C9H8O6S3/c10-8(14-12)13-9(11)15-17-18-16-6-7-4-2-1-3-5-7/h1-5,12H,6H2. The molecule has 0 aliphatic heterocycles. The third-order valence-electron chi connectivity index (χ3n) is 1.49. The zero-order valence-electron chi connectivity index (χ0n) is 8.81. The van der Waals surface area contributed by atoms with Gasteiger partial charge in [-0.1, -0.05) is 41.1 Å². The van der Waals surface area contributed by atoms with E-state index in [9.17, 15) is 9.59 Å². The molecule has 0 spiro atoms. The monoisotopic (exact) mass is 308 g/mol. The van der Waals surface area contributed by atoms with Crippen LogP contribution in [0.2, 0.25) is 0 Å². The van der Waals surface area contributed by atoms with Crippen molar-refractivity contribution in [2.24, 2.45) is 0 Å². The molecule has 9 heteroatoms. The van der Waals surface area contributed by atoms with E-state index in [0.29, 0.717) is 0 Å². The topological polar surface area (TPSA) is 82.1 Å². The van der Waals surface area contributed by atoms with Crippen LogP contribution in [0.3, 0.4) is 0 Å². The minimum Gasteiger partial charge on any atom is -0.346 e. The van der Waals surface area contributed by atoms with Crippen LogP contribution in [-0.2, 0) is 19.6 Å². The minimum atomic E-state index is -1.54. The molecule has 6 nitrogen and oxygen atoms in total. The van der Waals surface area contributed by atoms with Crippen LogP contribution in [0.25, 0.3) is 0 Å². The minimum absolute atomic E-state index is 0.746. The molecule has 1 rings (SSSR count). The first-order chi connectivity index (χ1) is 8.72. The molecular formula is C9H8O6S3. The SMILES string of the molecule is O=C(OO)OC(=O)OSSSCc1ccccc1. The van der Waals surface area contributed by atoms with Gasteiger partial charge in [-0.3, -0.25) is 4.89 Å². The molecule has 0 aromatic heterocycles. The molecule has 98 valence electrons. The summed E-state index contributed by atoms with van der Waals surface area (Å²) in [6, 6.07) is 9.74. The van der Waals surface area contributed by atoms with Crippen LogP contribution in [0.15, 0.2) is 30.3 Å². The zero-order valence-corrected chi connectivity index (χ0v) is 11.3. The maximum Gasteiger partial charge on any atom is 0.550 e. The van der Waals surface area contributed by atoms with Crippen molar-refractivity contribution in [2.75, 3.05) is 0 Å². The van der Waals surface area contributed by atoms with E-state index in [4.69, 9.17) is 5.26 Å². The van der Waals surface area contributed by atoms with Gasteiger partial charge in [-0.15, -0.1) is 0 Å². The van der Waals surface area contributed by atoms with Crippen LogP contribution in [0.1, 0.15) is 5.56 Å². The molecule has 0 heterocycles. The lowest BCUT2D eigenvalue weighted by molar-refractivity contribution is -0.195. The number of hydrogen-bond acceptors (Lipinski definition) is 9. The molecule has 0 atom stereocenters. The maximum atomic E-state index is 10.7. The van der Waals surface area contributed by atoms with Gasteiger partial charge < -0.3 is 8.92 Å². The Balaban J connectivity index is 2.05. The molecule has 0 bridgehead atoms. The van der Waals surface area contributed by atoms with Gasteiger partial charge in [0.2, 0.25) is 0 Å². The number of benzene rings is 1. The Kier molecular flexibility index (Phi) is 7.49. The van der Waals surface area contributed by atoms with Crippen molar-refractivity contribution in [3.05, 3.63) is 35.9 Å². The summed E-state index contributed by atoms with van der Waals surface area (Å²) >= 11 is 0.749. The summed E-state index contributed by atoms with van der Waals surface area (Å²) in [5.41, 5.74) is 1.14. The summed E-state index contributed by atoms with van der Waals surface area (Å²) in [6.07, 6.45) is -2.80. The van der Waals surface area contributed by atoms with Crippen molar-refractivity contribution in [3.8, 4) is 0 Å². The van der Waals surface area contributed by atoms with Crippen molar-refractivity contribution in [3.63, 3.8) is 0 Å². The lowest BCUT2D eigenvalue weighted by Gasteiger charge is -2.00. The summed E-state index contributed by atoms with van der Waals surface area (Å²) in [5, 5.41) is 7.82. The third-order valence-corrected chi connectivity index (χ3v) is 4.67. The molecule has 1 aromatic rings. The third kappa shape index (κ3) is 6.64. The van der Waals surface area contributed by atoms with Crippen molar-refractivity contribution < 1.29 is 28.7 Å². The maximum absolute atomic E-state index is 10.7. The molecule has 0 fully saturated rings. The second-order valence-electron chi connectivity index (χ2n) is 2.66. The van der Waals surface area contributed by atoms with E-state index < -0.39 is 12.3 Å². The van der Waals surface area contributed by atoms with Crippen LogP contribution in [0, 0.1) is 0 Å². The number of ether oxygens (including phenoxy) is 1. The fraction of sp³-hybridized carbons (Fsp3) is 0.111. The summed E-state index contributed by atoms with van der Waals surface area (Å²) < 4.78 is 8.29. The molecule has 1 N–H and O–H groups in total. The second kappa shape index (κ2) is 8.97. The molecule has 0 radical (unpaired) electrons. The van der Waals surface area contributed by atoms with E-state index in [0.717, 1.165) is 22.4 Å². The zero-order chi connectivity index (χ0) is 13.2. The lowest BCUT2D eigenvalue weighted by Crippen LogP contribution is -2.10. The number of carbonyl (C=O) groups is 2. The Labute approximate surface area is 114 Å². The Morgan fingerprint density at radius 3 is 2.56 bits per heavy atom. The van der Waals surface area contributed by atoms with Gasteiger partial charge in [-0.25, -0.2) is 9.59 Å². The number of rotatable bonds is 5. The van der Waals surface area contributed by atoms with Gasteiger partial charge in [0.05, 0.1) is 0 Å². The molecule has 1 aromatic carbocycles.